The molecule has 0 radical (unpaired) electrons. The van der Waals surface area contributed by atoms with Gasteiger partial charge in [-0.15, -0.1) is 0 Å². The van der Waals surface area contributed by atoms with Crippen LogP contribution in [0.3, 0.4) is 0 Å². The Morgan fingerprint density at radius 2 is 2.08 bits per heavy atom. The van der Waals surface area contributed by atoms with Gasteiger partial charge < -0.3 is 19.7 Å². The molecule has 136 valence electrons. The van der Waals surface area contributed by atoms with E-state index in [9.17, 15) is 9.59 Å². The van der Waals surface area contributed by atoms with Gasteiger partial charge in [0.15, 0.2) is 18.1 Å². The number of ether oxygens (including phenoxy) is 2. The van der Waals surface area contributed by atoms with Crippen molar-refractivity contribution in [2.75, 3.05) is 20.3 Å². The summed E-state index contributed by atoms with van der Waals surface area (Å²) in [7, 11) is 1.58. The smallest absolute Gasteiger partial charge is 0.260 e. The summed E-state index contributed by atoms with van der Waals surface area (Å²) in [4.78, 5) is 26.7. The van der Waals surface area contributed by atoms with Gasteiger partial charge in [0.1, 0.15) is 0 Å². The number of para-hydroxylation sites is 2. The molecule has 3 rings (SSSR count). The predicted molar refractivity (Wildman–Crippen MR) is 93.6 cm³/mol. The lowest BCUT2D eigenvalue weighted by Crippen LogP contribution is -2.64. The van der Waals surface area contributed by atoms with Gasteiger partial charge in [0.2, 0.25) is 5.91 Å². The van der Waals surface area contributed by atoms with Gasteiger partial charge in [-0.25, -0.2) is 0 Å². The first-order valence-electron chi connectivity index (χ1n) is 8.90. The Morgan fingerprint density at radius 1 is 1.32 bits per heavy atom. The average molecular weight is 346 g/mol. The number of fused-ring (bicyclic) bond motifs is 1. The van der Waals surface area contributed by atoms with Crippen LogP contribution in [-0.2, 0) is 9.59 Å². The lowest BCUT2D eigenvalue weighted by Gasteiger charge is -2.47. The zero-order valence-corrected chi connectivity index (χ0v) is 14.9. The highest BCUT2D eigenvalue weighted by Gasteiger charge is 2.44. The van der Waals surface area contributed by atoms with E-state index in [0.29, 0.717) is 24.5 Å². The van der Waals surface area contributed by atoms with Gasteiger partial charge in [-0.2, -0.15) is 0 Å². The molecule has 0 bridgehead atoms. The number of hydrogen-bond donors (Lipinski definition) is 1. The first kappa shape index (κ1) is 17.6. The van der Waals surface area contributed by atoms with Crippen LogP contribution in [-0.4, -0.2) is 48.6 Å². The zero-order valence-electron chi connectivity index (χ0n) is 14.9. The number of piperidine rings is 1. The molecular weight excluding hydrogens is 320 g/mol. The van der Waals surface area contributed by atoms with Crippen LogP contribution in [0.4, 0.5) is 0 Å². The summed E-state index contributed by atoms with van der Waals surface area (Å²) in [5, 5.41) is 3.14. The molecule has 2 aliphatic heterocycles. The minimum atomic E-state index is -0.341. The Bertz CT molecular complexity index is 648. The standard InChI is InChI=1S/C19H26N2O4/c1-19-11-6-12-21(16(19)9-5-10-17(22)20-19)18(23)13-25-15-8-4-3-7-14(15)24-2/h3-4,7-8,16H,5-6,9-13H2,1-2H3,(H,20,22)/t16-,19-/m0/s1. The molecule has 6 heteroatoms. The summed E-state index contributed by atoms with van der Waals surface area (Å²) in [6, 6.07) is 7.33. The third-order valence-corrected chi connectivity index (χ3v) is 5.25. The van der Waals surface area contributed by atoms with Crippen LogP contribution in [0.5, 0.6) is 11.5 Å². The van der Waals surface area contributed by atoms with Crippen molar-refractivity contribution in [1.29, 1.82) is 0 Å². The second-order valence-corrected chi connectivity index (χ2v) is 7.00. The zero-order chi connectivity index (χ0) is 17.9. The highest BCUT2D eigenvalue weighted by atomic mass is 16.5. The summed E-state index contributed by atoms with van der Waals surface area (Å²) in [5.41, 5.74) is -0.341. The predicted octanol–water partition coefficient (Wildman–Crippen LogP) is 2.12. The van der Waals surface area contributed by atoms with E-state index in [-0.39, 0.29) is 30.0 Å². The van der Waals surface area contributed by atoms with E-state index in [4.69, 9.17) is 9.47 Å². The molecule has 25 heavy (non-hydrogen) atoms. The Morgan fingerprint density at radius 3 is 2.84 bits per heavy atom. The maximum atomic E-state index is 12.8. The molecule has 2 aliphatic rings. The molecule has 1 aromatic rings. The van der Waals surface area contributed by atoms with Crippen molar-refractivity contribution < 1.29 is 19.1 Å². The van der Waals surface area contributed by atoms with Crippen LogP contribution in [0.15, 0.2) is 24.3 Å². The Hall–Kier alpha value is -2.24. The number of benzene rings is 1. The summed E-state index contributed by atoms with van der Waals surface area (Å²) in [5.74, 6) is 1.22. The number of hydrogen-bond acceptors (Lipinski definition) is 4. The summed E-state index contributed by atoms with van der Waals surface area (Å²) >= 11 is 0. The first-order valence-corrected chi connectivity index (χ1v) is 8.90. The monoisotopic (exact) mass is 346 g/mol. The van der Waals surface area contributed by atoms with Crippen molar-refractivity contribution >= 4 is 11.8 Å². The van der Waals surface area contributed by atoms with Gasteiger partial charge in [0, 0.05) is 13.0 Å². The molecule has 1 aromatic carbocycles. The molecule has 2 amide bonds. The molecule has 0 spiro atoms. The molecule has 0 saturated carbocycles. The molecule has 0 aromatic heterocycles. The lowest BCUT2D eigenvalue weighted by molar-refractivity contribution is -0.141. The maximum absolute atomic E-state index is 12.8. The Labute approximate surface area is 148 Å². The van der Waals surface area contributed by atoms with Crippen molar-refractivity contribution in [3.8, 4) is 11.5 Å². The largest absolute Gasteiger partial charge is 0.493 e. The number of carbonyl (C=O) groups is 2. The molecule has 2 atom stereocenters. The van der Waals surface area contributed by atoms with E-state index in [2.05, 4.69) is 12.2 Å². The fourth-order valence-corrected chi connectivity index (χ4v) is 4.00. The third kappa shape index (κ3) is 3.72. The molecule has 1 N–H and O–H groups in total. The fourth-order valence-electron chi connectivity index (χ4n) is 4.00. The molecule has 0 aliphatic carbocycles. The van der Waals surface area contributed by atoms with Crippen LogP contribution in [0.2, 0.25) is 0 Å². The van der Waals surface area contributed by atoms with E-state index >= 15 is 0 Å². The van der Waals surface area contributed by atoms with Crippen molar-refractivity contribution in [1.82, 2.24) is 10.2 Å². The number of rotatable bonds is 4. The number of methoxy groups -OCH3 is 1. The number of nitrogens with zero attached hydrogens (tertiary/aromatic N) is 1. The second kappa shape index (κ2) is 7.33. The number of carbonyl (C=O) groups excluding carboxylic acids is 2. The second-order valence-electron chi connectivity index (χ2n) is 7.00. The topological polar surface area (TPSA) is 67.9 Å². The molecule has 2 saturated heterocycles. The molecule has 2 heterocycles. The van der Waals surface area contributed by atoms with Gasteiger partial charge in [-0.05, 0) is 44.7 Å². The number of amides is 2. The third-order valence-electron chi connectivity index (χ3n) is 5.25. The normalized spacial score (nSPS) is 26.2. The van der Waals surface area contributed by atoms with Gasteiger partial charge >= 0.3 is 0 Å². The maximum Gasteiger partial charge on any atom is 0.260 e. The summed E-state index contributed by atoms with van der Waals surface area (Å²) in [6.45, 7) is 2.74. The van der Waals surface area contributed by atoms with E-state index in [0.717, 1.165) is 25.7 Å². The average Bonchev–Trinajstić information content (AvgIpc) is 2.76. The Kier molecular flexibility index (Phi) is 5.16. The molecule has 2 fully saturated rings. The quantitative estimate of drug-likeness (QED) is 0.907. The van der Waals surface area contributed by atoms with E-state index in [1.54, 1.807) is 19.2 Å². The Balaban J connectivity index is 1.69. The summed E-state index contributed by atoms with van der Waals surface area (Å²) < 4.78 is 11.0. The van der Waals surface area contributed by atoms with Crippen molar-refractivity contribution in [2.24, 2.45) is 0 Å². The van der Waals surface area contributed by atoms with Crippen LogP contribution in [0.1, 0.15) is 39.0 Å². The van der Waals surface area contributed by atoms with Crippen molar-refractivity contribution in [2.45, 2.75) is 50.6 Å². The van der Waals surface area contributed by atoms with E-state index < -0.39 is 0 Å². The van der Waals surface area contributed by atoms with Gasteiger partial charge in [0.25, 0.3) is 5.91 Å². The van der Waals surface area contributed by atoms with Crippen molar-refractivity contribution in [3.05, 3.63) is 24.3 Å². The van der Waals surface area contributed by atoms with Gasteiger partial charge in [-0.3, -0.25) is 9.59 Å². The van der Waals surface area contributed by atoms with Gasteiger partial charge in [0.05, 0.1) is 18.7 Å². The molecular formula is C19H26N2O4. The molecule has 6 nitrogen and oxygen atoms in total. The SMILES string of the molecule is COc1ccccc1OCC(=O)N1CCC[C@]2(C)NC(=O)CCC[C@H]12. The first-order chi connectivity index (χ1) is 12.0. The number of likely N-dealkylation sites (tertiary alicyclic amines) is 1. The van der Waals surface area contributed by atoms with Crippen LogP contribution in [0, 0.1) is 0 Å². The fraction of sp³-hybridized carbons (Fsp3) is 0.579. The van der Waals surface area contributed by atoms with Crippen molar-refractivity contribution in [3.63, 3.8) is 0 Å². The van der Waals surface area contributed by atoms with Crippen LogP contribution in [0.25, 0.3) is 0 Å². The van der Waals surface area contributed by atoms with Crippen LogP contribution >= 0.6 is 0 Å². The lowest BCUT2D eigenvalue weighted by atomic mass is 9.81. The molecule has 0 unspecified atom stereocenters. The minimum Gasteiger partial charge on any atom is -0.493 e. The van der Waals surface area contributed by atoms with E-state index in [1.807, 2.05) is 17.0 Å². The highest BCUT2D eigenvalue weighted by Crippen LogP contribution is 2.33. The highest BCUT2D eigenvalue weighted by molar-refractivity contribution is 5.80. The van der Waals surface area contributed by atoms with E-state index in [1.165, 1.54) is 0 Å². The van der Waals surface area contributed by atoms with Crippen LogP contribution < -0.4 is 14.8 Å². The van der Waals surface area contributed by atoms with Gasteiger partial charge in [-0.1, -0.05) is 12.1 Å². The summed E-state index contributed by atoms with van der Waals surface area (Å²) in [6.07, 6.45) is 3.97. The number of nitrogens with one attached hydrogen (secondary N) is 1. The minimum absolute atomic E-state index is 0.0269.